The van der Waals surface area contributed by atoms with Gasteiger partial charge in [-0.2, -0.15) is 0 Å². The molecule has 2 aliphatic rings. The number of carbonyl (C=O) groups excluding carboxylic acids is 3. The average molecular weight is 471 g/mol. The summed E-state index contributed by atoms with van der Waals surface area (Å²) in [6, 6.07) is 5.34. The fourth-order valence-corrected chi connectivity index (χ4v) is 6.10. The highest BCUT2D eigenvalue weighted by molar-refractivity contribution is 7.19. The molecule has 1 aromatic carbocycles. The minimum absolute atomic E-state index is 0.0980. The molecule has 8 heteroatoms. The molecule has 0 radical (unpaired) electrons. The number of rotatable bonds is 8. The Labute approximate surface area is 197 Å². The molecule has 0 spiro atoms. The highest BCUT2D eigenvalue weighted by Crippen LogP contribution is 2.37. The lowest BCUT2D eigenvalue weighted by Gasteiger charge is -2.22. The van der Waals surface area contributed by atoms with Gasteiger partial charge < -0.3 is 10.0 Å². The summed E-state index contributed by atoms with van der Waals surface area (Å²) in [6.45, 7) is 3.52. The highest BCUT2D eigenvalue weighted by Gasteiger charge is 2.48. The number of urea groups is 1. The number of aliphatic carboxylic acids is 1. The third-order valence-corrected chi connectivity index (χ3v) is 8.37. The summed E-state index contributed by atoms with van der Waals surface area (Å²) >= 11 is 1.74. The second-order valence-electron chi connectivity index (χ2n) is 9.58. The standard InChI is InChI=1S/C25H30N2O5S/c1-25(2)23(31)27(24(32)26(25)3)12-6-7-16(22(29)30)13-19(28)15-10-11-18-17-8-4-5-9-20(17)33-21(18)14-15/h10-11,14,16H,4-9,12-13H2,1-3H3,(H,29,30)/t16-/m1/s1. The number of aryl methyl sites for hydroxylation is 2. The van der Waals surface area contributed by atoms with E-state index in [2.05, 4.69) is 0 Å². The lowest BCUT2D eigenvalue weighted by atomic mass is 9.92. The second kappa shape index (κ2) is 8.89. The van der Waals surface area contributed by atoms with Gasteiger partial charge in [-0.3, -0.25) is 19.3 Å². The normalized spacial score (nSPS) is 18.6. The monoisotopic (exact) mass is 470 g/mol. The van der Waals surface area contributed by atoms with Crippen LogP contribution in [0.3, 0.4) is 0 Å². The van der Waals surface area contributed by atoms with Crippen LogP contribution in [-0.4, -0.2) is 57.7 Å². The summed E-state index contributed by atoms with van der Waals surface area (Å²) in [5, 5.41) is 10.9. The van der Waals surface area contributed by atoms with E-state index in [4.69, 9.17) is 0 Å². The van der Waals surface area contributed by atoms with Crippen molar-refractivity contribution in [1.29, 1.82) is 0 Å². The van der Waals surface area contributed by atoms with Crippen LogP contribution in [0.2, 0.25) is 0 Å². The summed E-state index contributed by atoms with van der Waals surface area (Å²) in [5.74, 6) is -2.37. The summed E-state index contributed by atoms with van der Waals surface area (Å²) in [4.78, 5) is 53.5. The number of imide groups is 1. The number of carboxylic acid groups (broad SMARTS) is 1. The van der Waals surface area contributed by atoms with Crippen molar-refractivity contribution in [2.24, 2.45) is 5.92 Å². The van der Waals surface area contributed by atoms with Gasteiger partial charge in [0.2, 0.25) is 0 Å². The first-order chi connectivity index (χ1) is 15.6. The van der Waals surface area contributed by atoms with Gasteiger partial charge in [-0.1, -0.05) is 12.1 Å². The molecular formula is C25H30N2O5S. The van der Waals surface area contributed by atoms with Gasteiger partial charge in [0.1, 0.15) is 5.54 Å². The van der Waals surface area contributed by atoms with Crippen LogP contribution in [-0.2, 0) is 22.4 Å². The van der Waals surface area contributed by atoms with Gasteiger partial charge in [0.15, 0.2) is 5.78 Å². The molecule has 0 bridgehead atoms. The van der Waals surface area contributed by atoms with E-state index in [9.17, 15) is 24.3 Å². The fourth-order valence-electron chi connectivity index (χ4n) is 4.77. The Morgan fingerprint density at radius 2 is 1.91 bits per heavy atom. The van der Waals surface area contributed by atoms with Crippen molar-refractivity contribution in [2.45, 2.75) is 64.3 Å². The van der Waals surface area contributed by atoms with Gasteiger partial charge in [-0.15, -0.1) is 11.3 Å². The predicted octanol–water partition coefficient (Wildman–Crippen LogP) is 4.51. The van der Waals surface area contributed by atoms with Crippen molar-refractivity contribution in [3.05, 3.63) is 34.2 Å². The molecule has 2 aromatic rings. The zero-order valence-electron chi connectivity index (χ0n) is 19.3. The lowest BCUT2D eigenvalue weighted by Crippen LogP contribution is -2.41. The lowest BCUT2D eigenvalue weighted by molar-refractivity contribution is -0.141. The minimum Gasteiger partial charge on any atom is -0.481 e. The molecule has 3 amide bonds. The van der Waals surface area contributed by atoms with E-state index >= 15 is 0 Å². The predicted molar refractivity (Wildman–Crippen MR) is 127 cm³/mol. The largest absolute Gasteiger partial charge is 0.481 e. The SMILES string of the molecule is CN1C(=O)N(CCC[C@H](CC(=O)c2ccc3c4c(sc3c2)CCCC4)C(=O)O)C(=O)C1(C)C. The zero-order valence-corrected chi connectivity index (χ0v) is 20.2. The molecule has 7 nitrogen and oxygen atoms in total. The maximum absolute atomic E-state index is 12.9. The first kappa shape index (κ1) is 23.4. The van der Waals surface area contributed by atoms with Crippen LogP contribution in [0.4, 0.5) is 4.79 Å². The van der Waals surface area contributed by atoms with Gasteiger partial charge in [-0.25, -0.2) is 4.79 Å². The first-order valence-electron chi connectivity index (χ1n) is 11.5. The number of Topliss-reactive ketones (excluding diaryl/α,β-unsaturated/α-hetero) is 1. The molecule has 1 atom stereocenters. The number of nitrogens with zero attached hydrogens (tertiary/aromatic N) is 2. The van der Waals surface area contributed by atoms with Gasteiger partial charge >= 0.3 is 12.0 Å². The Morgan fingerprint density at radius 3 is 2.58 bits per heavy atom. The second-order valence-corrected chi connectivity index (χ2v) is 10.7. The molecule has 0 saturated carbocycles. The summed E-state index contributed by atoms with van der Waals surface area (Å²) in [5.41, 5.74) is 1.04. The van der Waals surface area contributed by atoms with E-state index < -0.39 is 17.4 Å². The Hall–Kier alpha value is -2.74. The van der Waals surface area contributed by atoms with Crippen molar-refractivity contribution in [2.75, 3.05) is 13.6 Å². The molecule has 4 rings (SSSR count). The van der Waals surface area contributed by atoms with Crippen molar-refractivity contribution in [3.8, 4) is 0 Å². The van der Waals surface area contributed by atoms with E-state index in [0.29, 0.717) is 12.0 Å². The molecule has 1 N–H and O–H groups in total. The van der Waals surface area contributed by atoms with E-state index in [1.807, 2.05) is 18.2 Å². The van der Waals surface area contributed by atoms with Crippen molar-refractivity contribution < 1.29 is 24.3 Å². The Kier molecular flexibility index (Phi) is 6.31. The van der Waals surface area contributed by atoms with Gasteiger partial charge in [0.25, 0.3) is 5.91 Å². The number of amides is 3. The summed E-state index contributed by atoms with van der Waals surface area (Å²) in [6.07, 6.45) is 5.03. The van der Waals surface area contributed by atoms with Crippen LogP contribution in [0.1, 0.15) is 66.8 Å². The molecule has 1 fully saturated rings. The molecule has 1 aliphatic carbocycles. The maximum atomic E-state index is 12.9. The Bertz CT molecular complexity index is 1140. The number of thiophene rings is 1. The van der Waals surface area contributed by atoms with Crippen LogP contribution in [0.25, 0.3) is 10.1 Å². The molecule has 0 unspecified atom stereocenters. The van der Waals surface area contributed by atoms with E-state index in [1.54, 1.807) is 32.2 Å². The number of likely N-dealkylation sites (N-methyl/N-ethyl adjacent to an activating group) is 1. The molecule has 176 valence electrons. The van der Waals surface area contributed by atoms with E-state index in [0.717, 1.165) is 17.5 Å². The quantitative estimate of drug-likeness (QED) is 0.453. The molecule has 1 saturated heterocycles. The summed E-state index contributed by atoms with van der Waals surface area (Å²) in [7, 11) is 1.58. The molecular weight excluding hydrogens is 440 g/mol. The topological polar surface area (TPSA) is 95.0 Å². The third-order valence-electron chi connectivity index (χ3n) is 7.12. The van der Waals surface area contributed by atoms with E-state index in [1.165, 1.54) is 38.5 Å². The number of carboxylic acids is 1. The van der Waals surface area contributed by atoms with Crippen LogP contribution in [0.15, 0.2) is 18.2 Å². The minimum atomic E-state index is -1.03. The number of hydrogen-bond donors (Lipinski definition) is 1. The highest BCUT2D eigenvalue weighted by atomic mass is 32.1. The van der Waals surface area contributed by atoms with Crippen LogP contribution in [0, 0.1) is 5.92 Å². The number of ketones is 1. The molecule has 2 heterocycles. The first-order valence-corrected chi connectivity index (χ1v) is 12.3. The number of hydrogen-bond acceptors (Lipinski definition) is 5. The smallest absolute Gasteiger partial charge is 0.327 e. The molecule has 33 heavy (non-hydrogen) atoms. The van der Waals surface area contributed by atoms with Crippen molar-refractivity contribution in [1.82, 2.24) is 9.80 Å². The number of benzene rings is 1. The van der Waals surface area contributed by atoms with Crippen LogP contribution >= 0.6 is 11.3 Å². The number of fused-ring (bicyclic) bond motifs is 3. The van der Waals surface area contributed by atoms with Crippen LogP contribution in [0.5, 0.6) is 0 Å². The number of carbonyl (C=O) groups is 4. The van der Waals surface area contributed by atoms with E-state index in [-0.39, 0.29) is 37.1 Å². The zero-order chi connectivity index (χ0) is 23.9. The van der Waals surface area contributed by atoms with Gasteiger partial charge in [-0.05, 0) is 69.4 Å². The van der Waals surface area contributed by atoms with Gasteiger partial charge in [0, 0.05) is 35.2 Å². The Balaban J connectivity index is 1.40. The summed E-state index contributed by atoms with van der Waals surface area (Å²) < 4.78 is 1.09. The van der Waals surface area contributed by atoms with Crippen LogP contribution < -0.4 is 0 Å². The maximum Gasteiger partial charge on any atom is 0.327 e. The molecule has 1 aromatic heterocycles. The molecule has 1 aliphatic heterocycles. The van der Waals surface area contributed by atoms with Crippen molar-refractivity contribution >= 4 is 45.1 Å². The third kappa shape index (κ3) is 4.28. The van der Waals surface area contributed by atoms with Gasteiger partial charge in [0.05, 0.1) is 5.92 Å². The van der Waals surface area contributed by atoms with Crippen molar-refractivity contribution in [3.63, 3.8) is 0 Å². The fraction of sp³-hybridized carbons (Fsp3) is 0.520. The average Bonchev–Trinajstić information content (AvgIpc) is 3.22. The Morgan fingerprint density at radius 1 is 1.18 bits per heavy atom.